The predicted molar refractivity (Wildman–Crippen MR) is 85.4 cm³/mol. The van der Waals surface area contributed by atoms with Crippen LogP contribution in [0.5, 0.6) is 0 Å². The maximum Gasteiger partial charge on any atom is 0.225 e. The van der Waals surface area contributed by atoms with Gasteiger partial charge in [-0.15, -0.1) is 0 Å². The van der Waals surface area contributed by atoms with Crippen LogP contribution in [-0.2, 0) is 22.3 Å². The highest BCUT2D eigenvalue weighted by Gasteiger charge is 2.27. The molecule has 0 aromatic heterocycles. The maximum absolute atomic E-state index is 5.67. The van der Waals surface area contributed by atoms with Crippen molar-refractivity contribution in [2.24, 2.45) is 0 Å². The highest BCUT2D eigenvalue weighted by atomic mass is 16.6. The van der Waals surface area contributed by atoms with Crippen molar-refractivity contribution in [3.8, 4) is 0 Å². The fourth-order valence-electron chi connectivity index (χ4n) is 3.80. The van der Waals surface area contributed by atoms with Gasteiger partial charge in [0, 0.05) is 25.2 Å². The molecule has 4 nitrogen and oxygen atoms in total. The van der Waals surface area contributed by atoms with Gasteiger partial charge in [-0.05, 0) is 36.8 Å². The zero-order valence-electron chi connectivity index (χ0n) is 13.0. The summed E-state index contributed by atoms with van der Waals surface area (Å²) in [5, 5.41) is 3.87. The monoisotopic (exact) mass is 300 g/mol. The lowest BCUT2D eigenvalue weighted by atomic mass is 10.0. The van der Waals surface area contributed by atoms with E-state index in [2.05, 4.69) is 34.5 Å². The molecule has 118 valence electrons. The molecular formula is C18H24N2O2. The number of rotatable bonds is 3. The number of piperidine rings is 1. The van der Waals surface area contributed by atoms with Gasteiger partial charge in [0.25, 0.3) is 0 Å². The van der Waals surface area contributed by atoms with Gasteiger partial charge in [0.2, 0.25) is 5.88 Å². The van der Waals surface area contributed by atoms with E-state index in [0.717, 1.165) is 19.0 Å². The van der Waals surface area contributed by atoms with Crippen LogP contribution in [0.25, 0.3) is 0 Å². The zero-order chi connectivity index (χ0) is 14.8. The fraction of sp³-hybridized carbons (Fsp3) is 0.556. The molecular weight excluding hydrogens is 276 g/mol. The van der Waals surface area contributed by atoms with Crippen LogP contribution in [0.1, 0.15) is 24.0 Å². The van der Waals surface area contributed by atoms with Crippen LogP contribution in [0, 0.1) is 0 Å². The van der Waals surface area contributed by atoms with Gasteiger partial charge in [0.1, 0.15) is 19.5 Å². The first-order valence-electron chi connectivity index (χ1n) is 8.41. The average Bonchev–Trinajstić information content (AvgIpc) is 2.98. The lowest BCUT2D eigenvalue weighted by molar-refractivity contribution is 0.0219. The van der Waals surface area contributed by atoms with Crippen LogP contribution < -0.4 is 5.32 Å². The van der Waals surface area contributed by atoms with Crippen LogP contribution >= 0.6 is 0 Å². The molecule has 1 N–H and O–H groups in total. The summed E-state index contributed by atoms with van der Waals surface area (Å²) in [6.07, 6.45) is 6.48. The number of nitrogens with one attached hydrogen (secondary N) is 1. The number of ether oxygens (including phenoxy) is 2. The quantitative estimate of drug-likeness (QED) is 0.926. The lowest BCUT2D eigenvalue weighted by Gasteiger charge is -2.36. The summed E-state index contributed by atoms with van der Waals surface area (Å²) in [5.41, 5.74) is 3.05. The molecule has 0 amide bonds. The smallest absolute Gasteiger partial charge is 0.225 e. The van der Waals surface area contributed by atoms with E-state index >= 15 is 0 Å². The molecule has 0 spiro atoms. The van der Waals surface area contributed by atoms with E-state index in [1.54, 1.807) is 6.26 Å². The van der Waals surface area contributed by atoms with E-state index in [9.17, 15) is 0 Å². The Bertz CT molecular complexity index is 525. The van der Waals surface area contributed by atoms with E-state index in [0.29, 0.717) is 25.3 Å². The van der Waals surface area contributed by atoms with Crippen LogP contribution in [0.15, 0.2) is 36.4 Å². The third kappa shape index (κ3) is 2.93. The normalized spacial score (nSPS) is 22.7. The van der Waals surface area contributed by atoms with Gasteiger partial charge in [-0.3, -0.25) is 0 Å². The van der Waals surface area contributed by atoms with Crippen molar-refractivity contribution in [2.75, 3.05) is 26.3 Å². The molecule has 1 saturated heterocycles. The SMILES string of the molecule is C1=C(N2CCC(NC3Cc4ccccc4C3)CC2)OCCO1. The molecule has 1 aliphatic carbocycles. The molecule has 2 aliphatic heterocycles. The van der Waals surface area contributed by atoms with Crippen molar-refractivity contribution in [1.29, 1.82) is 0 Å². The van der Waals surface area contributed by atoms with Gasteiger partial charge in [0.05, 0.1) is 0 Å². The summed E-state index contributed by atoms with van der Waals surface area (Å²) in [7, 11) is 0. The molecule has 0 unspecified atom stereocenters. The molecule has 3 aliphatic rings. The van der Waals surface area contributed by atoms with Gasteiger partial charge in [0.15, 0.2) is 0 Å². The van der Waals surface area contributed by atoms with E-state index in [-0.39, 0.29) is 0 Å². The summed E-state index contributed by atoms with van der Waals surface area (Å²) in [6, 6.07) is 10.1. The van der Waals surface area contributed by atoms with Crippen molar-refractivity contribution in [1.82, 2.24) is 10.2 Å². The minimum absolute atomic E-state index is 0.613. The Labute approximate surface area is 132 Å². The molecule has 0 saturated carbocycles. The molecule has 22 heavy (non-hydrogen) atoms. The molecule has 1 aromatic carbocycles. The second kappa shape index (κ2) is 6.21. The van der Waals surface area contributed by atoms with Crippen LogP contribution in [0.3, 0.4) is 0 Å². The summed E-state index contributed by atoms with van der Waals surface area (Å²) in [4.78, 5) is 2.31. The van der Waals surface area contributed by atoms with E-state index in [1.165, 1.54) is 36.8 Å². The highest BCUT2D eigenvalue weighted by Crippen LogP contribution is 2.24. The molecule has 1 fully saturated rings. The maximum atomic E-state index is 5.67. The van der Waals surface area contributed by atoms with Crippen LogP contribution in [0.2, 0.25) is 0 Å². The highest BCUT2D eigenvalue weighted by molar-refractivity contribution is 5.33. The number of fused-ring (bicyclic) bond motifs is 1. The van der Waals surface area contributed by atoms with Crippen molar-refractivity contribution in [2.45, 2.75) is 37.8 Å². The van der Waals surface area contributed by atoms with E-state index in [4.69, 9.17) is 9.47 Å². The van der Waals surface area contributed by atoms with Crippen molar-refractivity contribution >= 4 is 0 Å². The van der Waals surface area contributed by atoms with Gasteiger partial charge in [-0.25, -0.2) is 0 Å². The van der Waals surface area contributed by atoms with Crippen molar-refractivity contribution < 1.29 is 9.47 Å². The first-order valence-corrected chi connectivity index (χ1v) is 8.41. The second-order valence-corrected chi connectivity index (χ2v) is 6.48. The topological polar surface area (TPSA) is 33.7 Å². The minimum atomic E-state index is 0.613. The van der Waals surface area contributed by atoms with Gasteiger partial charge in [-0.2, -0.15) is 0 Å². The fourth-order valence-corrected chi connectivity index (χ4v) is 3.80. The first-order chi connectivity index (χ1) is 10.9. The van der Waals surface area contributed by atoms with Gasteiger partial charge in [-0.1, -0.05) is 24.3 Å². The first kappa shape index (κ1) is 13.9. The number of hydrogen-bond donors (Lipinski definition) is 1. The zero-order valence-corrected chi connectivity index (χ0v) is 13.0. The Morgan fingerprint density at radius 2 is 1.68 bits per heavy atom. The molecule has 0 bridgehead atoms. The molecule has 1 aromatic rings. The number of likely N-dealkylation sites (tertiary alicyclic amines) is 1. The number of benzene rings is 1. The molecule has 4 heteroatoms. The lowest BCUT2D eigenvalue weighted by Crippen LogP contribution is -2.46. The molecule has 0 atom stereocenters. The second-order valence-electron chi connectivity index (χ2n) is 6.48. The van der Waals surface area contributed by atoms with Crippen LogP contribution in [-0.4, -0.2) is 43.3 Å². The largest absolute Gasteiger partial charge is 0.492 e. The van der Waals surface area contributed by atoms with Gasteiger partial charge >= 0.3 is 0 Å². The Hall–Kier alpha value is -1.68. The van der Waals surface area contributed by atoms with Crippen molar-refractivity contribution in [3.05, 3.63) is 47.5 Å². The Morgan fingerprint density at radius 3 is 2.32 bits per heavy atom. The summed E-state index contributed by atoms with van der Waals surface area (Å²) < 4.78 is 11.0. The summed E-state index contributed by atoms with van der Waals surface area (Å²) >= 11 is 0. The average molecular weight is 300 g/mol. The third-order valence-electron chi connectivity index (χ3n) is 4.96. The Morgan fingerprint density at radius 1 is 0.955 bits per heavy atom. The Balaban J connectivity index is 1.27. The van der Waals surface area contributed by atoms with Gasteiger partial charge < -0.3 is 19.7 Å². The van der Waals surface area contributed by atoms with E-state index in [1.807, 2.05) is 0 Å². The molecule has 2 heterocycles. The molecule has 4 rings (SSSR count). The number of nitrogens with zero attached hydrogens (tertiary/aromatic N) is 1. The molecule has 0 radical (unpaired) electrons. The minimum Gasteiger partial charge on any atom is -0.492 e. The van der Waals surface area contributed by atoms with Crippen molar-refractivity contribution in [3.63, 3.8) is 0 Å². The summed E-state index contributed by atoms with van der Waals surface area (Å²) in [5.74, 6) is 0.915. The summed E-state index contributed by atoms with van der Waals surface area (Å²) in [6.45, 7) is 3.44. The number of hydrogen-bond acceptors (Lipinski definition) is 4. The standard InChI is InChI=1S/C18H24N2O2/c1-2-4-15-12-17(11-14(15)3-1)19-16-5-7-20(8-6-16)18-13-21-9-10-22-18/h1-4,13,16-17,19H,5-12H2. The van der Waals surface area contributed by atoms with Crippen LogP contribution in [0.4, 0.5) is 0 Å². The Kier molecular flexibility index (Phi) is 3.94. The third-order valence-corrected chi connectivity index (χ3v) is 4.96. The van der Waals surface area contributed by atoms with E-state index < -0.39 is 0 Å². The predicted octanol–water partition coefficient (Wildman–Crippen LogP) is 2.05.